The molecule has 0 spiro atoms. The van der Waals surface area contributed by atoms with E-state index in [1.54, 1.807) is 17.9 Å². The van der Waals surface area contributed by atoms with Gasteiger partial charge in [0.15, 0.2) is 5.82 Å². The number of carbonyl (C=O) groups excluding carboxylic acids is 1. The van der Waals surface area contributed by atoms with Gasteiger partial charge in [0.1, 0.15) is 11.6 Å². The van der Waals surface area contributed by atoms with E-state index in [0.29, 0.717) is 23.7 Å². The van der Waals surface area contributed by atoms with Crippen molar-refractivity contribution in [2.75, 3.05) is 5.32 Å². The number of hydrogen-bond donors (Lipinski definition) is 1. The van der Waals surface area contributed by atoms with Crippen molar-refractivity contribution in [3.05, 3.63) is 11.8 Å². The summed E-state index contributed by atoms with van der Waals surface area (Å²) in [6, 6.07) is 2.04. The summed E-state index contributed by atoms with van der Waals surface area (Å²) in [6.45, 7) is 0. The van der Waals surface area contributed by atoms with Crippen molar-refractivity contribution in [1.29, 1.82) is 5.26 Å². The highest BCUT2D eigenvalue weighted by Gasteiger charge is 2.17. The number of nitrogens with zero attached hydrogens (tertiary/aromatic N) is 3. The number of anilines is 1. The third kappa shape index (κ3) is 3.82. The summed E-state index contributed by atoms with van der Waals surface area (Å²) < 4.78 is 1.54. The first-order chi connectivity index (χ1) is 9.19. The van der Waals surface area contributed by atoms with Crippen molar-refractivity contribution >= 4 is 11.7 Å². The van der Waals surface area contributed by atoms with Crippen LogP contribution in [0.2, 0.25) is 0 Å². The summed E-state index contributed by atoms with van der Waals surface area (Å²) >= 11 is 0. The van der Waals surface area contributed by atoms with Gasteiger partial charge in [-0.2, -0.15) is 10.4 Å². The van der Waals surface area contributed by atoms with E-state index < -0.39 is 0 Å². The number of carbonyl (C=O) groups is 1. The highest BCUT2D eigenvalue weighted by molar-refractivity contribution is 5.91. The zero-order valence-corrected chi connectivity index (χ0v) is 11.4. The Bertz CT molecular complexity index is 478. The molecule has 1 aromatic rings. The van der Waals surface area contributed by atoms with Crippen LogP contribution >= 0.6 is 0 Å². The molecule has 0 radical (unpaired) electrons. The van der Waals surface area contributed by atoms with Crippen LogP contribution in [0.4, 0.5) is 5.82 Å². The van der Waals surface area contributed by atoms with Gasteiger partial charge in [0, 0.05) is 19.7 Å². The van der Waals surface area contributed by atoms with Gasteiger partial charge in [-0.15, -0.1) is 0 Å². The maximum atomic E-state index is 12.0. The molecular formula is C14H20N4O. The molecule has 1 heterocycles. The lowest BCUT2D eigenvalue weighted by Crippen LogP contribution is -2.17. The van der Waals surface area contributed by atoms with E-state index >= 15 is 0 Å². The average molecular weight is 260 g/mol. The lowest BCUT2D eigenvalue weighted by Gasteiger charge is -2.12. The lowest BCUT2D eigenvalue weighted by atomic mass is 9.96. The minimum atomic E-state index is -0.0258. The highest BCUT2D eigenvalue weighted by atomic mass is 16.1. The number of aryl methyl sites for hydroxylation is 1. The van der Waals surface area contributed by atoms with Crippen LogP contribution in [0.25, 0.3) is 0 Å². The van der Waals surface area contributed by atoms with Crippen LogP contribution in [0.15, 0.2) is 6.20 Å². The molecule has 1 saturated carbocycles. The number of rotatable bonds is 3. The van der Waals surface area contributed by atoms with Gasteiger partial charge in [0.25, 0.3) is 0 Å². The maximum absolute atomic E-state index is 12.0. The lowest BCUT2D eigenvalue weighted by molar-refractivity contribution is -0.117. The second kappa shape index (κ2) is 6.37. The van der Waals surface area contributed by atoms with E-state index in [9.17, 15) is 4.79 Å². The smallest absolute Gasteiger partial charge is 0.225 e. The molecule has 0 bridgehead atoms. The molecule has 2 rings (SSSR count). The molecule has 1 N–H and O–H groups in total. The van der Waals surface area contributed by atoms with E-state index in [0.717, 1.165) is 12.8 Å². The van der Waals surface area contributed by atoms with Crippen molar-refractivity contribution in [3.63, 3.8) is 0 Å². The molecule has 1 fully saturated rings. The van der Waals surface area contributed by atoms with Crippen molar-refractivity contribution < 1.29 is 4.79 Å². The number of nitriles is 1. The molecule has 0 saturated heterocycles. The highest BCUT2D eigenvalue weighted by Crippen LogP contribution is 2.25. The number of hydrogen-bond acceptors (Lipinski definition) is 3. The monoisotopic (exact) mass is 260 g/mol. The second-order valence-electron chi connectivity index (χ2n) is 5.29. The van der Waals surface area contributed by atoms with Crippen molar-refractivity contribution in [2.45, 2.75) is 44.9 Å². The summed E-state index contributed by atoms with van der Waals surface area (Å²) in [4.78, 5) is 12.0. The van der Waals surface area contributed by atoms with Gasteiger partial charge in [-0.1, -0.05) is 25.7 Å². The molecule has 5 nitrogen and oxygen atoms in total. The van der Waals surface area contributed by atoms with Gasteiger partial charge in [-0.25, -0.2) is 0 Å². The van der Waals surface area contributed by atoms with Crippen molar-refractivity contribution in [1.82, 2.24) is 9.78 Å². The van der Waals surface area contributed by atoms with Gasteiger partial charge in [0.2, 0.25) is 5.91 Å². The number of amides is 1. The fourth-order valence-corrected chi connectivity index (χ4v) is 2.68. The maximum Gasteiger partial charge on any atom is 0.225 e. The van der Waals surface area contributed by atoms with Crippen LogP contribution < -0.4 is 5.32 Å². The molecule has 19 heavy (non-hydrogen) atoms. The first-order valence-corrected chi connectivity index (χ1v) is 6.92. The van der Waals surface area contributed by atoms with Gasteiger partial charge >= 0.3 is 0 Å². The van der Waals surface area contributed by atoms with Gasteiger partial charge in [0.05, 0.1) is 0 Å². The Morgan fingerprint density at radius 1 is 1.47 bits per heavy atom. The molecular weight excluding hydrogens is 240 g/mol. The Labute approximate surface area is 113 Å². The van der Waals surface area contributed by atoms with Gasteiger partial charge in [-0.3, -0.25) is 9.48 Å². The minimum absolute atomic E-state index is 0.0258. The summed E-state index contributed by atoms with van der Waals surface area (Å²) in [7, 11) is 1.74. The van der Waals surface area contributed by atoms with Crippen LogP contribution in [-0.2, 0) is 11.8 Å². The van der Waals surface area contributed by atoms with Crippen LogP contribution in [-0.4, -0.2) is 15.7 Å². The zero-order valence-electron chi connectivity index (χ0n) is 11.4. The molecule has 1 amide bonds. The van der Waals surface area contributed by atoms with Gasteiger partial charge in [-0.05, 0) is 18.8 Å². The first-order valence-electron chi connectivity index (χ1n) is 6.92. The topological polar surface area (TPSA) is 70.7 Å². The van der Waals surface area contributed by atoms with E-state index in [2.05, 4.69) is 10.4 Å². The van der Waals surface area contributed by atoms with Crippen molar-refractivity contribution in [3.8, 4) is 6.07 Å². The minimum Gasteiger partial charge on any atom is -0.308 e. The number of aromatic nitrogens is 2. The Hall–Kier alpha value is -1.83. The third-order valence-corrected chi connectivity index (χ3v) is 3.66. The molecule has 0 unspecified atom stereocenters. The van der Waals surface area contributed by atoms with E-state index in [1.165, 1.54) is 25.7 Å². The largest absolute Gasteiger partial charge is 0.308 e. The second-order valence-corrected chi connectivity index (χ2v) is 5.29. The Kier molecular flexibility index (Phi) is 4.56. The molecule has 102 valence electrons. The van der Waals surface area contributed by atoms with Crippen LogP contribution in [0.5, 0.6) is 0 Å². The predicted octanol–water partition coefficient (Wildman–Crippen LogP) is 2.59. The molecule has 0 aromatic carbocycles. The van der Waals surface area contributed by atoms with E-state index in [-0.39, 0.29) is 5.91 Å². The normalized spacial score (nSPS) is 16.6. The number of nitrogens with one attached hydrogen (secondary N) is 1. The molecule has 1 aromatic heterocycles. The standard InChI is InChI=1S/C14H20N4O/c1-18-10-12(9-15)14(17-18)16-13(19)8-11-6-4-2-3-5-7-11/h10-11H,2-8H2,1H3,(H,16,17,19). The molecule has 1 aliphatic rings. The molecule has 1 aliphatic carbocycles. The molecule has 0 aliphatic heterocycles. The third-order valence-electron chi connectivity index (χ3n) is 3.66. The Morgan fingerprint density at radius 3 is 2.79 bits per heavy atom. The van der Waals surface area contributed by atoms with Crippen LogP contribution in [0.3, 0.4) is 0 Å². The summed E-state index contributed by atoms with van der Waals surface area (Å²) in [5.41, 5.74) is 0.414. The van der Waals surface area contributed by atoms with Crippen LogP contribution in [0, 0.1) is 17.2 Å². The summed E-state index contributed by atoms with van der Waals surface area (Å²) in [6.07, 6.45) is 9.47. The fourth-order valence-electron chi connectivity index (χ4n) is 2.68. The molecule has 5 heteroatoms. The summed E-state index contributed by atoms with van der Waals surface area (Å²) in [5.74, 6) is 0.836. The SMILES string of the molecule is Cn1cc(C#N)c(NC(=O)CC2CCCCCC2)n1. The van der Waals surface area contributed by atoms with E-state index in [1.807, 2.05) is 6.07 Å². The summed E-state index contributed by atoms with van der Waals surface area (Å²) in [5, 5.41) is 15.8. The van der Waals surface area contributed by atoms with Crippen molar-refractivity contribution in [2.24, 2.45) is 13.0 Å². The average Bonchev–Trinajstić information content (AvgIpc) is 2.58. The fraction of sp³-hybridized carbons (Fsp3) is 0.643. The zero-order chi connectivity index (χ0) is 13.7. The van der Waals surface area contributed by atoms with E-state index in [4.69, 9.17) is 5.26 Å². The quantitative estimate of drug-likeness (QED) is 0.849. The Balaban J connectivity index is 1.91. The van der Waals surface area contributed by atoms with Crippen LogP contribution in [0.1, 0.15) is 50.5 Å². The first kappa shape index (κ1) is 13.6. The molecule has 0 atom stereocenters. The Morgan fingerprint density at radius 2 is 2.16 bits per heavy atom. The van der Waals surface area contributed by atoms with Gasteiger partial charge < -0.3 is 5.32 Å². The predicted molar refractivity (Wildman–Crippen MR) is 72.4 cm³/mol.